The lowest BCUT2D eigenvalue weighted by Crippen LogP contribution is -1.96. The Morgan fingerprint density at radius 3 is 2.74 bits per heavy atom. The van der Waals surface area contributed by atoms with Crippen molar-refractivity contribution in [3.8, 4) is 5.88 Å². The van der Waals surface area contributed by atoms with Gasteiger partial charge >= 0.3 is 0 Å². The predicted molar refractivity (Wildman–Crippen MR) is 72.8 cm³/mol. The molecule has 2 aromatic heterocycles. The molecule has 0 spiro atoms. The SMILES string of the molecule is OCc1cc2nc(OCc3ccccc3)ccc2[nH]1. The van der Waals surface area contributed by atoms with Crippen molar-refractivity contribution in [3.05, 3.63) is 59.8 Å². The van der Waals surface area contributed by atoms with Crippen LogP contribution in [0.3, 0.4) is 0 Å². The van der Waals surface area contributed by atoms with Gasteiger partial charge in [0.2, 0.25) is 5.88 Å². The van der Waals surface area contributed by atoms with Gasteiger partial charge in [0.25, 0.3) is 0 Å². The van der Waals surface area contributed by atoms with Crippen LogP contribution in [0.5, 0.6) is 5.88 Å². The Kier molecular flexibility index (Phi) is 3.16. The van der Waals surface area contributed by atoms with Crippen LogP contribution in [0.25, 0.3) is 11.0 Å². The Labute approximate surface area is 110 Å². The average molecular weight is 254 g/mol. The van der Waals surface area contributed by atoms with Gasteiger partial charge in [-0.3, -0.25) is 0 Å². The molecule has 0 radical (unpaired) electrons. The fourth-order valence-electron chi connectivity index (χ4n) is 1.94. The number of aromatic nitrogens is 2. The molecule has 2 N–H and O–H groups in total. The molecule has 0 aliphatic heterocycles. The first kappa shape index (κ1) is 11.7. The maximum absolute atomic E-state index is 9.07. The van der Waals surface area contributed by atoms with E-state index in [4.69, 9.17) is 9.84 Å². The van der Waals surface area contributed by atoms with Gasteiger partial charge in [-0.1, -0.05) is 30.3 Å². The Bertz CT molecular complexity index is 677. The van der Waals surface area contributed by atoms with Gasteiger partial charge in [0.05, 0.1) is 17.6 Å². The minimum Gasteiger partial charge on any atom is -0.473 e. The smallest absolute Gasteiger partial charge is 0.214 e. The molecule has 3 rings (SSSR count). The number of H-pyrrole nitrogens is 1. The molecule has 0 amide bonds. The molecule has 0 atom stereocenters. The van der Waals surface area contributed by atoms with E-state index in [-0.39, 0.29) is 6.61 Å². The summed E-state index contributed by atoms with van der Waals surface area (Å²) in [5.41, 5.74) is 3.56. The number of aliphatic hydroxyl groups is 1. The summed E-state index contributed by atoms with van der Waals surface area (Å²) < 4.78 is 5.66. The largest absolute Gasteiger partial charge is 0.473 e. The van der Waals surface area contributed by atoms with Crippen molar-refractivity contribution in [1.82, 2.24) is 9.97 Å². The lowest BCUT2D eigenvalue weighted by Gasteiger charge is -2.04. The zero-order valence-electron chi connectivity index (χ0n) is 10.3. The van der Waals surface area contributed by atoms with Crippen molar-refractivity contribution in [2.24, 2.45) is 0 Å². The molecule has 0 saturated heterocycles. The van der Waals surface area contributed by atoms with Gasteiger partial charge in [0.1, 0.15) is 6.61 Å². The molecule has 4 nitrogen and oxygen atoms in total. The molecule has 0 fully saturated rings. The number of aromatic amines is 1. The van der Waals surface area contributed by atoms with E-state index < -0.39 is 0 Å². The number of hydrogen-bond acceptors (Lipinski definition) is 3. The number of benzene rings is 1. The van der Waals surface area contributed by atoms with Crippen LogP contribution in [-0.4, -0.2) is 15.1 Å². The van der Waals surface area contributed by atoms with E-state index in [0.717, 1.165) is 22.3 Å². The lowest BCUT2D eigenvalue weighted by molar-refractivity contribution is 0.278. The van der Waals surface area contributed by atoms with E-state index in [0.29, 0.717) is 12.5 Å². The monoisotopic (exact) mass is 254 g/mol. The second kappa shape index (κ2) is 5.12. The summed E-state index contributed by atoms with van der Waals surface area (Å²) in [7, 11) is 0. The average Bonchev–Trinajstić information content (AvgIpc) is 2.88. The van der Waals surface area contributed by atoms with Crippen LogP contribution in [-0.2, 0) is 13.2 Å². The third-order valence-electron chi connectivity index (χ3n) is 2.91. The van der Waals surface area contributed by atoms with E-state index >= 15 is 0 Å². The van der Waals surface area contributed by atoms with Gasteiger partial charge in [-0.25, -0.2) is 4.98 Å². The van der Waals surface area contributed by atoms with Gasteiger partial charge in [-0.05, 0) is 17.7 Å². The van der Waals surface area contributed by atoms with E-state index in [2.05, 4.69) is 9.97 Å². The molecule has 0 saturated carbocycles. The Balaban J connectivity index is 1.78. The summed E-state index contributed by atoms with van der Waals surface area (Å²) in [6.07, 6.45) is 0. The molecular weight excluding hydrogens is 240 g/mol. The van der Waals surface area contributed by atoms with Crippen LogP contribution in [0.1, 0.15) is 11.3 Å². The third kappa shape index (κ3) is 2.58. The minimum atomic E-state index is -0.0173. The van der Waals surface area contributed by atoms with E-state index in [1.165, 1.54) is 0 Å². The Morgan fingerprint density at radius 1 is 1.11 bits per heavy atom. The molecule has 4 heteroatoms. The first-order chi connectivity index (χ1) is 9.35. The molecule has 1 aromatic carbocycles. The van der Waals surface area contributed by atoms with Crippen LogP contribution < -0.4 is 4.74 Å². The normalized spacial score (nSPS) is 10.8. The van der Waals surface area contributed by atoms with Gasteiger partial charge in [0.15, 0.2) is 0 Å². The molecule has 0 aliphatic rings. The summed E-state index contributed by atoms with van der Waals surface area (Å²) in [5, 5.41) is 9.07. The quantitative estimate of drug-likeness (QED) is 0.752. The first-order valence-electron chi connectivity index (χ1n) is 6.11. The number of hydrogen-bond donors (Lipinski definition) is 2. The number of ether oxygens (including phenoxy) is 1. The standard InChI is InChI=1S/C15H14N2O2/c18-9-12-8-14-13(16-12)6-7-15(17-14)19-10-11-4-2-1-3-5-11/h1-8,16,18H,9-10H2. The van der Waals surface area contributed by atoms with Gasteiger partial charge in [-0.15, -0.1) is 0 Å². The summed E-state index contributed by atoms with van der Waals surface area (Å²) in [4.78, 5) is 7.47. The van der Waals surface area contributed by atoms with Crippen LogP contribution in [0, 0.1) is 0 Å². The minimum absolute atomic E-state index is 0.0173. The molecule has 96 valence electrons. The Hall–Kier alpha value is -2.33. The fourth-order valence-corrected chi connectivity index (χ4v) is 1.94. The van der Waals surface area contributed by atoms with E-state index in [1.54, 1.807) is 0 Å². The fraction of sp³-hybridized carbons (Fsp3) is 0.133. The number of fused-ring (bicyclic) bond motifs is 1. The number of rotatable bonds is 4. The van der Waals surface area contributed by atoms with Crippen molar-refractivity contribution in [3.63, 3.8) is 0 Å². The van der Waals surface area contributed by atoms with Crippen molar-refractivity contribution in [2.75, 3.05) is 0 Å². The second-order valence-corrected chi connectivity index (χ2v) is 4.31. The highest BCUT2D eigenvalue weighted by Crippen LogP contribution is 2.18. The van der Waals surface area contributed by atoms with Crippen molar-refractivity contribution in [2.45, 2.75) is 13.2 Å². The molecule has 19 heavy (non-hydrogen) atoms. The molecule has 3 aromatic rings. The van der Waals surface area contributed by atoms with Gasteiger partial charge in [-0.2, -0.15) is 0 Å². The molecule has 0 bridgehead atoms. The number of nitrogens with one attached hydrogen (secondary N) is 1. The molecule has 0 aliphatic carbocycles. The highest BCUT2D eigenvalue weighted by molar-refractivity contribution is 5.76. The van der Waals surface area contributed by atoms with E-state index in [9.17, 15) is 0 Å². The maximum Gasteiger partial charge on any atom is 0.214 e. The zero-order chi connectivity index (χ0) is 13.1. The summed E-state index contributed by atoms with van der Waals surface area (Å²) >= 11 is 0. The van der Waals surface area contributed by atoms with Crippen molar-refractivity contribution >= 4 is 11.0 Å². The molecular formula is C15H14N2O2. The predicted octanol–water partition coefficient (Wildman–Crippen LogP) is 2.63. The topological polar surface area (TPSA) is 58.1 Å². The van der Waals surface area contributed by atoms with Gasteiger partial charge < -0.3 is 14.8 Å². The highest BCUT2D eigenvalue weighted by atomic mass is 16.5. The first-order valence-corrected chi connectivity index (χ1v) is 6.11. The van der Waals surface area contributed by atoms with Gasteiger partial charge in [0, 0.05) is 11.8 Å². The van der Waals surface area contributed by atoms with Crippen LogP contribution in [0.4, 0.5) is 0 Å². The number of aliphatic hydroxyl groups excluding tert-OH is 1. The lowest BCUT2D eigenvalue weighted by atomic mass is 10.2. The highest BCUT2D eigenvalue weighted by Gasteiger charge is 2.03. The second-order valence-electron chi connectivity index (χ2n) is 4.31. The van der Waals surface area contributed by atoms with E-state index in [1.807, 2.05) is 48.5 Å². The molecule has 0 unspecified atom stereocenters. The van der Waals surface area contributed by atoms with Crippen LogP contribution in [0.15, 0.2) is 48.5 Å². The van der Waals surface area contributed by atoms with Crippen LogP contribution in [0.2, 0.25) is 0 Å². The number of pyridine rings is 1. The van der Waals surface area contributed by atoms with Crippen molar-refractivity contribution in [1.29, 1.82) is 0 Å². The Morgan fingerprint density at radius 2 is 1.95 bits per heavy atom. The summed E-state index contributed by atoms with van der Waals surface area (Å²) in [6, 6.07) is 15.5. The molecule has 2 heterocycles. The summed E-state index contributed by atoms with van der Waals surface area (Å²) in [5.74, 6) is 0.583. The third-order valence-corrected chi connectivity index (χ3v) is 2.91. The van der Waals surface area contributed by atoms with Crippen molar-refractivity contribution < 1.29 is 9.84 Å². The van der Waals surface area contributed by atoms with Crippen LogP contribution >= 0.6 is 0 Å². The maximum atomic E-state index is 9.07. The number of nitrogens with zero attached hydrogens (tertiary/aromatic N) is 1. The summed E-state index contributed by atoms with van der Waals surface area (Å²) in [6.45, 7) is 0.479. The zero-order valence-corrected chi connectivity index (χ0v) is 10.3.